The SMILES string of the molecule is Cc1cc(C)c(N/C=C(/C#N)C(=O)Nc2ccc(S(N)(=O)=O)cc2)c(C)c1. The van der Waals surface area contributed by atoms with E-state index in [1.54, 1.807) is 0 Å². The summed E-state index contributed by atoms with van der Waals surface area (Å²) in [5, 5.41) is 19.9. The second-order valence-corrected chi connectivity index (χ2v) is 7.67. The van der Waals surface area contributed by atoms with Gasteiger partial charge in [0.2, 0.25) is 10.0 Å². The van der Waals surface area contributed by atoms with Crippen molar-refractivity contribution in [2.75, 3.05) is 10.6 Å². The van der Waals surface area contributed by atoms with Gasteiger partial charge in [-0.1, -0.05) is 17.7 Å². The lowest BCUT2D eigenvalue weighted by Crippen LogP contribution is -2.15. The fraction of sp³-hybridized carbons (Fsp3) is 0.158. The van der Waals surface area contributed by atoms with E-state index in [0.717, 1.165) is 22.4 Å². The van der Waals surface area contributed by atoms with Crippen molar-refractivity contribution in [2.45, 2.75) is 25.7 Å². The Kier molecular flexibility index (Phi) is 6.00. The zero-order valence-corrected chi connectivity index (χ0v) is 16.0. The fourth-order valence-corrected chi connectivity index (χ4v) is 3.14. The summed E-state index contributed by atoms with van der Waals surface area (Å²) in [4.78, 5) is 12.2. The quantitative estimate of drug-likeness (QED) is 0.540. The number of carbonyl (C=O) groups excluding carboxylic acids is 1. The Morgan fingerprint density at radius 1 is 1.11 bits per heavy atom. The van der Waals surface area contributed by atoms with Crippen molar-refractivity contribution >= 4 is 27.3 Å². The van der Waals surface area contributed by atoms with Gasteiger partial charge in [0.1, 0.15) is 11.6 Å². The number of nitriles is 1. The standard InChI is InChI=1S/C19H20N4O3S/c1-12-8-13(2)18(14(3)9-12)22-11-15(10-20)19(24)23-16-4-6-17(7-5-16)27(21,25)26/h4-9,11,22H,1-3H3,(H,23,24)(H2,21,25,26)/b15-11-. The van der Waals surface area contributed by atoms with Crippen LogP contribution >= 0.6 is 0 Å². The van der Waals surface area contributed by atoms with E-state index in [1.165, 1.54) is 30.5 Å². The first-order chi connectivity index (χ1) is 12.6. The predicted octanol–water partition coefficient (Wildman–Crippen LogP) is 2.72. The summed E-state index contributed by atoms with van der Waals surface area (Å²) in [6, 6.07) is 11.2. The Morgan fingerprint density at radius 3 is 2.15 bits per heavy atom. The van der Waals surface area contributed by atoms with Gasteiger partial charge in [0.25, 0.3) is 5.91 Å². The van der Waals surface area contributed by atoms with Crippen LogP contribution in [0.1, 0.15) is 16.7 Å². The van der Waals surface area contributed by atoms with E-state index in [1.807, 2.05) is 39.0 Å². The molecule has 8 heteroatoms. The highest BCUT2D eigenvalue weighted by Crippen LogP contribution is 2.22. The molecule has 140 valence electrons. The van der Waals surface area contributed by atoms with Crippen molar-refractivity contribution in [3.05, 3.63) is 64.9 Å². The number of hydrogen-bond donors (Lipinski definition) is 3. The van der Waals surface area contributed by atoms with Crippen molar-refractivity contribution in [1.82, 2.24) is 0 Å². The third-order valence-electron chi connectivity index (χ3n) is 3.84. The average molecular weight is 384 g/mol. The van der Waals surface area contributed by atoms with E-state index in [2.05, 4.69) is 10.6 Å². The maximum absolute atomic E-state index is 12.3. The summed E-state index contributed by atoms with van der Waals surface area (Å²) >= 11 is 0. The molecule has 4 N–H and O–H groups in total. The molecular formula is C19H20N4O3S. The van der Waals surface area contributed by atoms with Crippen molar-refractivity contribution in [1.29, 1.82) is 5.26 Å². The second kappa shape index (κ2) is 8.03. The van der Waals surface area contributed by atoms with Crippen LogP contribution in [0.4, 0.5) is 11.4 Å². The van der Waals surface area contributed by atoms with Gasteiger partial charge in [0.05, 0.1) is 4.90 Å². The highest BCUT2D eigenvalue weighted by Gasteiger charge is 2.12. The van der Waals surface area contributed by atoms with Crippen LogP contribution in [-0.2, 0) is 14.8 Å². The normalized spacial score (nSPS) is 11.6. The molecule has 0 heterocycles. The minimum Gasteiger partial charge on any atom is -0.360 e. The van der Waals surface area contributed by atoms with Crippen LogP contribution in [0.15, 0.2) is 53.1 Å². The molecule has 1 amide bonds. The minimum absolute atomic E-state index is 0.0662. The van der Waals surface area contributed by atoms with Crippen LogP contribution < -0.4 is 15.8 Å². The van der Waals surface area contributed by atoms with Crippen molar-refractivity contribution in [2.24, 2.45) is 5.14 Å². The molecule has 0 bridgehead atoms. The van der Waals surface area contributed by atoms with Crippen molar-refractivity contribution in [3.8, 4) is 6.07 Å². The Morgan fingerprint density at radius 2 is 1.67 bits per heavy atom. The number of amides is 1. The lowest BCUT2D eigenvalue weighted by atomic mass is 10.1. The summed E-state index contributed by atoms with van der Waals surface area (Å²) in [7, 11) is -3.81. The number of rotatable bonds is 5. The van der Waals surface area contributed by atoms with Crippen LogP contribution in [0, 0.1) is 32.1 Å². The summed E-state index contributed by atoms with van der Waals surface area (Å²) in [6.45, 7) is 5.87. The number of nitrogens with one attached hydrogen (secondary N) is 2. The number of nitrogens with two attached hydrogens (primary N) is 1. The van der Waals surface area contributed by atoms with Gasteiger partial charge >= 0.3 is 0 Å². The van der Waals surface area contributed by atoms with E-state index in [-0.39, 0.29) is 10.5 Å². The summed E-state index contributed by atoms with van der Waals surface area (Å²) in [6.07, 6.45) is 1.35. The zero-order valence-electron chi connectivity index (χ0n) is 15.2. The van der Waals surface area contributed by atoms with Gasteiger partial charge in [-0.25, -0.2) is 13.6 Å². The summed E-state index contributed by atoms with van der Waals surface area (Å²) in [5.74, 6) is -0.615. The summed E-state index contributed by atoms with van der Waals surface area (Å²) < 4.78 is 22.5. The summed E-state index contributed by atoms with van der Waals surface area (Å²) in [5.41, 5.74) is 4.18. The van der Waals surface area contributed by atoms with Crippen LogP contribution in [0.25, 0.3) is 0 Å². The number of anilines is 2. The third-order valence-corrected chi connectivity index (χ3v) is 4.77. The van der Waals surface area contributed by atoms with Crippen LogP contribution in [0.2, 0.25) is 0 Å². The third kappa shape index (κ3) is 5.17. The van der Waals surface area contributed by atoms with Crippen LogP contribution in [0.5, 0.6) is 0 Å². The second-order valence-electron chi connectivity index (χ2n) is 6.11. The van der Waals surface area contributed by atoms with Crippen LogP contribution in [0.3, 0.4) is 0 Å². The van der Waals surface area contributed by atoms with Gasteiger partial charge in [-0.2, -0.15) is 5.26 Å². The zero-order chi connectivity index (χ0) is 20.2. The molecule has 0 aliphatic rings. The molecule has 2 aromatic rings. The molecule has 0 radical (unpaired) electrons. The Bertz CT molecular complexity index is 1030. The molecule has 27 heavy (non-hydrogen) atoms. The lowest BCUT2D eigenvalue weighted by molar-refractivity contribution is -0.112. The predicted molar refractivity (Wildman–Crippen MR) is 104 cm³/mol. The Balaban J connectivity index is 2.17. The number of sulfonamides is 1. The fourth-order valence-electron chi connectivity index (χ4n) is 2.63. The van der Waals surface area contributed by atoms with Gasteiger partial charge in [-0.15, -0.1) is 0 Å². The monoisotopic (exact) mass is 384 g/mol. The van der Waals surface area contributed by atoms with Crippen molar-refractivity contribution in [3.63, 3.8) is 0 Å². The molecule has 0 fully saturated rings. The van der Waals surface area contributed by atoms with Gasteiger partial charge in [0, 0.05) is 17.6 Å². The van der Waals surface area contributed by atoms with E-state index in [0.29, 0.717) is 5.69 Å². The number of aryl methyl sites for hydroxylation is 3. The highest BCUT2D eigenvalue weighted by atomic mass is 32.2. The number of primary sulfonamides is 1. The first kappa shape index (κ1) is 20.2. The highest BCUT2D eigenvalue weighted by molar-refractivity contribution is 7.89. The van der Waals surface area contributed by atoms with Gasteiger partial charge in [-0.05, 0) is 56.2 Å². The lowest BCUT2D eigenvalue weighted by Gasteiger charge is -2.11. The van der Waals surface area contributed by atoms with Crippen molar-refractivity contribution < 1.29 is 13.2 Å². The smallest absolute Gasteiger partial charge is 0.267 e. The molecule has 0 unspecified atom stereocenters. The molecule has 0 aliphatic carbocycles. The maximum atomic E-state index is 12.3. The van der Waals surface area contributed by atoms with Gasteiger partial charge < -0.3 is 10.6 Å². The number of hydrogen-bond acceptors (Lipinski definition) is 5. The van der Waals surface area contributed by atoms with Crippen LogP contribution in [-0.4, -0.2) is 14.3 Å². The molecule has 0 aliphatic heterocycles. The molecule has 0 aromatic heterocycles. The molecule has 0 saturated heterocycles. The van der Waals surface area contributed by atoms with E-state index in [9.17, 15) is 18.5 Å². The van der Waals surface area contributed by atoms with Gasteiger partial charge in [0.15, 0.2) is 0 Å². The molecule has 0 atom stereocenters. The van der Waals surface area contributed by atoms with Gasteiger partial charge in [-0.3, -0.25) is 4.79 Å². The van der Waals surface area contributed by atoms with E-state index in [4.69, 9.17) is 5.14 Å². The van der Waals surface area contributed by atoms with E-state index < -0.39 is 15.9 Å². The molecular weight excluding hydrogens is 364 g/mol. The van der Waals surface area contributed by atoms with E-state index >= 15 is 0 Å². The molecule has 0 spiro atoms. The molecule has 7 nitrogen and oxygen atoms in total. The minimum atomic E-state index is -3.81. The maximum Gasteiger partial charge on any atom is 0.267 e. The molecule has 2 rings (SSSR count). The number of carbonyl (C=O) groups is 1. The topological polar surface area (TPSA) is 125 Å². The first-order valence-electron chi connectivity index (χ1n) is 8.00. The first-order valence-corrected chi connectivity index (χ1v) is 9.55. The molecule has 0 saturated carbocycles. The average Bonchev–Trinajstić information content (AvgIpc) is 2.56. The number of benzene rings is 2. The largest absolute Gasteiger partial charge is 0.360 e. The Hall–Kier alpha value is -3.15. The number of nitrogens with zero attached hydrogens (tertiary/aromatic N) is 1. The Labute approximate surface area is 158 Å². The molecule has 2 aromatic carbocycles.